The Morgan fingerprint density at radius 3 is 2.56 bits per heavy atom. The molecule has 4 rings (SSSR count). The van der Waals surface area contributed by atoms with Crippen molar-refractivity contribution in [1.29, 1.82) is 0 Å². The normalized spacial score (nSPS) is 32.4. The molecule has 0 aromatic carbocycles. The van der Waals surface area contributed by atoms with E-state index < -0.39 is 0 Å². The Bertz CT molecular complexity index is 612. The van der Waals surface area contributed by atoms with E-state index in [0.717, 1.165) is 24.8 Å². The van der Waals surface area contributed by atoms with Crippen molar-refractivity contribution in [3.8, 4) is 0 Å². The molecule has 150 valence electrons. The third-order valence-electron chi connectivity index (χ3n) is 6.99. The minimum absolute atomic E-state index is 0.0339. The maximum Gasteiger partial charge on any atom is 0.248 e. The van der Waals surface area contributed by atoms with Crippen molar-refractivity contribution in [2.45, 2.75) is 63.1 Å². The van der Waals surface area contributed by atoms with Gasteiger partial charge in [0.1, 0.15) is 6.61 Å². The quantitative estimate of drug-likeness (QED) is 0.795. The number of nitrogens with zero attached hydrogens (tertiary/aromatic N) is 4. The lowest BCUT2D eigenvalue weighted by Crippen LogP contribution is -2.40. The van der Waals surface area contributed by atoms with Gasteiger partial charge in [-0.3, -0.25) is 14.4 Å². The number of aromatic nitrogens is 2. The standard InChI is InChI=1S/C21H34N4O2/c1-23(2)21(26)15-27-20-12-17-14-24(18-7-4-3-5-8-18)13-16(17)11-19(20)25-10-6-9-22-25/h6,9-10,16-20H,3-5,7-8,11-15H2,1-2H3/t16-,17+,19-,20-/m0/s1. The van der Waals surface area contributed by atoms with Crippen LogP contribution in [0.1, 0.15) is 51.0 Å². The van der Waals surface area contributed by atoms with Crippen LogP contribution in [0.4, 0.5) is 0 Å². The summed E-state index contributed by atoms with van der Waals surface area (Å²) in [5.41, 5.74) is 0. The first kappa shape index (κ1) is 18.9. The van der Waals surface area contributed by atoms with Gasteiger partial charge in [-0.2, -0.15) is 5.10 Å². The summed E-state index contributed by atoms with van der Waals surface area (Å²) in [5.74, 6) is 1.45. The molecule has 1 aromatic rings. The molecule has 0 spiro atoms. The third kappa shape index (κ3) is 4.21. The molecule has 0 unspecified atom stereocenters. The molecule has 6 nitrogen and oxygen atoms in total. The Kier molecular flexibility index (Phi) is 5.83. The summed E-state index contributed by atoms with van der Waals surface area (Å²) in [5, 5.41) is 4.50. The molecule has 1 saturated heterocycles. The van der Waals surface area contributed by atoms with E-state index in [2.05, 4.69) is 14.7 Å². The van der Waals surface area contributed by atoms with Gasteiger partial charge in [0.25, 0.3) is 0 Å². The van der Waals surface area contributed by atoms with Crippen LogP contribution < -0.4 is 0 Å². The summed E-state index contributed by atoms with van der Waals surface area (Å²) < 4.78 is 8.22. The van der Waals surface area contributed by atoms with Gasteiger partial charge in [-0.05, 0) is 43.6 Å². The predicted octanol–water partition coefficient (Wildman–Crippen LogP) is 2.57. The van der Waals surface area contributed by atoms with Crippen molar-refractivity contribution in [2.24, 2.45) is 11.8 Å². The van der Waals surface area contributed by atoms with Crippen LogP contribution in [-0.4, -0.2) is 71.4 Å². The first-order valence-corrected chi connectivity index (χ1v) is 10.7. The van der Waals surface area contributed by atoms with Gasteiger partial charge in [0.05, 0.1) is 12.1 Å². The van der Waals surface area contributed by atoms with Crippen LogP contribution in [0, 0.1) is 11.8 Å². The molecule has 2 saturated carbocycles. The van der Waals surface area contributed by atoms with Crippen LogP contribution >= 0.6 is 0 Å². The van der Waals surface area contributed by atoms with E-state index in [1.807, 2.05) is 18.5 Å². The summed E-state index contributed by atoms with van der Waals surface area (Å²) in [4.78, 5) is 16.4. The van der Waals surface area contributed by atoms with Crippen molar-refractivity contribution in [1.82, 2.24) is 19.6 Å². The summed E-state index contributed by atoms with van der Waals surface area (Å²) in [6.07, 6.45) is 13.1. The largest absolute Gasteiger partial charge is 0.366 e. The number of fused-ring (bicyclic) bond motifs is 1. The Hall–Kier alpha value is -1.40. The first-order chi connectivity index (χ1) is 13.1. The van der Waals surface area contributed by atoms with Crippen LogP contribution in [0.5, 0.6) is 0 Å². The minimum Gasteiger partial charge on any atom is -0.366 e. The van der Waals surface area contributed by atoms with Gasteiger partial charge >= 0.3 is 0 Å². The average molecular weight is 375 g/mol. The van der Waals surface area contributed by atoms with Gasteiger partial charge in [0.15, 0.2) is 0 Å². The molecule has 1 aliphatic heterocycles. The highest BCUT2D eigenvalue weighted by Gasteiger charge is 2.45. The number of amides is 1. The van der Waals surface area contributed by atoms with Crippen molar-refractivity contribution >= 4 is 5.91 Å². The van der Waals surface area contributed by atoms with E-state index in [1.54, 1.807) is 19.0 Å². The van der Waals surface area contributed by atoms with E-state index >= 15 is 0 Å². The lowest BCUT2D eigenvalue weighted by Gasteiger charge is -2.38. The highest BCUT2D eigenvalue weighted by atomic mass is 16.5. The SMILES string of the molecule is CN(C)C(=O)CO[C@H]1C[C@@H]2CN(C3CCCCC3)C[C@@H]2C[C@@H]1n1cccn1. The van der Waals surface area contributed by atoms with Crippen molar-refractivity contribution in [3.63, 3.8) is 0 Å². The van der Waals surface area contributed by atoms with Gasteiger partial charge in [-0.25, -0.2) is 0 Å². The Balaban J connectivity index is 1.43. The Morgan fingerprint density at radius 1 is 1.15 bits per heavy atom. The second kappa shape index (κ2) is 8.31. The number of carbonyl (C=O) groups excluding carboxylic acids is 1. The maximum atomic E-state index is 12.0. The van der Waals surface area contributed by atoms with Crippen LogP contribution in [0.25, 0.3) is 0 Å². The van der Waals surface area contributed by atoms with Crippen molar-refractivity contribution in [2.75, 3.05) is 33.8 Å². The molecule has 0 radical (unpaired) electrons. The highest BCUT2D eigenvalue weighted by Crippen LogP contribution is 2.43. The molecule has 2 aliphatic carbocycles. The van der Waals surface area contributed by atoms with Crippen molar-refractivity contribution in [3.05, 3.63) is 18.5 Å². The average Bonchev–Trinajstić information content (AvgIpc) is 3.35. The minimum atomic E-state index is 0.0339. The summed E-state index contributed by atoms with van der Waals surface area (Å²) >= 11 is 0. The van der Waals surface area contributed by atoms with Gasteiger partial charge in [0.2, 0.25) is 5.91 Å². The number of likely N-dealkylation sites (N-methyl/N-ethyl adjacent to an activating group) is 1. The number of likely N-dealkylation sites (tertiary alicyclic amines) is 1. The summed E-state index contributed by atoms with van der Waals surface area (Å²) in [6.45, 7) is 2.61. The van der Waals surface area contributed by atoms with Crippen LogP contribution in [-0.2, 0) is 9.53 Å². The van der Waals surface area contributed by atoms with E-state index in [0.29, 0.717) is 5.92 Å². The first-order valence-electron chi connectivity index (χ1n) is 10.7. The molecule has 6 heteroatoms. The highest BCUT2D eigenvalue weighted by molar-refractivity contribution is 5.76. The van der Waals surface area contributed by atoms with Crippen LogP contribution in [0.15, 0.2) is 18.5 Å². The molecule has 3 aliphatic rings. The van der Waals surface area contributed by atoms with Gasteiger partial charge in [-0.1, -0.05) is 19.3 Å². The number of hydrogen-bond acceptors (Lipinski definition) is 4. The second-order valence-electron chi connectivity index (χ2n) is 8.93. The fraction of sp³-hybridized carbons (Fsp3) is 0.810. The molecule has 4 atom stereocenters. The fourth-order valence-corrected chi connectivity index (χ4v) is 5.41. The lowest BCUT2D eigenvalue weighted by atomic mass is 9.77. The second-order valence-corrected chi connectivity index (χ2v) is 8.93. The zero-order valence-electron chi connectivity index (χ0n) is 16.8. The topological polar surface area (TPSA) is 50.6 Å². The number of carbonyl (C=O) groups is 1. The van der Waals surface area contributed by atoms with E-state index in [4.69, 9.17) is 4.74 Å². The zero-order chi connectivity index (χ0) is 18.8. The molecule has 1 aromatic heterocycles. The summed E-state index contributed by atoms with van der Waals surface area (Å²) in [6, 6.07) is 3.02. The molecule has 1 amide bonds. The van der Waals surface area contributed by atoms with E-state index in [-0.39, 0.29) is 24.7 Å². The molecule has 2 heterocycles. The third-order valence-corrected chi connectivity index (χ3v) is 6.99. The van der Waals surface area contributed by atoms with E-state index in [1.165, 1.54) is 45.2 Å². The fourth-order valence-electron chi connectivity index (χ4n) is 5.41. The van der Waals surface area contributed by atoms with Crippen LogP contribution in [0.3, 0.4) is 0 Å². The zero-order valence-corrected chi connectivity index (χ0v) is 16.8. The Labute approximate surface area is 162 Å². The lowest BCUT2D eigenvalue weighted by molar-refractivity contribution is -0.138. The molecule has 3 fully saturated rings. The molecule has 0 N–H and O–H groups in total. The molecular formula is C21H34N4O2. The number of ether oxygens (including phenoxy) is 1. The number of rotatable bonds is 5. The smallest absolute Gasteiger partial charge is 0.248 e. The molecule has 27 heavy (non-hydrogen) atoms. The van der Waals surface area contributed by atoms with Gasteiger partial charge in [-0.15, -0.1) is 0 Å². The maximum absolute atomic E-state index is 12.0. The monoisotopic (exact) mass is 374 g/mol. The molecular weight excluding hydrogens is 340 g/mol. The summed E-state index contributed by atoms with van der Waals surface area (Å²) in [7, 11) is 3.57. The van der Waals surface area contributed by atoms with Crippen LogP contribution in [0.2, 0.25) is 0 Å². The molecule has 0 bridgehead atoms. The number of hydrogen-bond donors (Lipinski definition) is 0. The van der Waals surface area contributed by atoms with Gasteiger partial charge < -0.3 is 9.64 Å². The Morgan fingerprint density at radius 2 is 1.89 bits per heavy atom. The van der Waals surface area contributed by atoms with E-state index in [9.17, 15) is 4.79 Å². The van der Waals surface area contributed by atoms with Gasteiger partial charge in [0, 0.05) is 45.6 Å². The predicted molar refractivity (Wildman–Crippen MR) is 104 cm³/mol. The van der Waals surface area contributed by atoms with Crippen molar-refractivity contribution < 1.29 is 9.53 Å².